The monoisotopic (exact) mass is 310 g/mol. The lowest BCUT2D eigenvalue weighted by molar-refractivity contribution is -0.126. The normalized spacial score (nSPS) is 18.9. The maximum Gasteiger partial charge on any atom is 0.229 e. The summed E-state index contributed by atoms with van der Waals surface area (Å²) >= 11 is 0. The molecule has 2 N–H and O–H groups in total. The molecule has 1 heterocycles. The Morgan fingerprint density at radius 2 is 2.10 bits per heavy atom. The van der Waals surface area contributed by atoms with Crippen molar-refractivity contribution in [1.82, 2.24) is 5.32 Å². The third-order valence-corrected chi connectivity index (χ3v) is 5.28. The van der Waals surface area contributed by atoms with Gasteiger partial charge in [-0.05, 0) is 18.6 Å². The number of piperidine rings is 1. The summed E-state index contributed by atoms with van der Waals surface area (Å²) in [4.78, 5) is 23.4. The Morgan fingerprint density at radius 3 is 2.71 bits per heavy atom. The SMILES string of the molecule is CCS(=O)(=O)c1ccccc1NC(=O)C1CCC(=O)NC1. The molecule has 0 saturated carbocycles. The molecule has 1 aromatic carbocycles. The van der Waals surface area contributed by atoms with Crippen LogP contribution in [-0.2, 0) is 19.4 Å². The first-order chi connectivity index (χ1) is 9.94. The van der Waals surface area contributed by atoms with E-state index in [1.54, 1.807) is 25.1 Å². The zero-order valence-corrected chi connectivity index (χ0v) is 12.6. The standard InChI is InChI=1S/C14H18N2O4S/c1-2-21(19,20)12-6-4-3-5-11(12)16-14(18)10-7-8-13(17)15-9-10/h3-6,10H,2,7-9H2,1H3,(H,15,17)(H,16,18). The van der Waals surface area contributed by atoms with Crippen molar-refractivity contribution in [1.29, 1.82) is 0 Å². The van der Waals surface area contributed by atoms with Crippen LogP contribution in [0.4, 0.5) is 5.69 Å². The van der Waals surface area contributed by atoms with Gasteiger partial charge in [-0.3, -0.25) is 9.59 Å². The fourth-order valence-corrected chi connectivity index (χ4v) is 3.24. The van der Waals surface area contributed by atoms with E-state index >= 15 is 0 Å². The van der Waals surface area contributed by atoms with Crippen LogP contribution in [0, 0.1) is 5.92 Å². The molecule has 1 atom stereocenters. The first-order valence-electron chi connectivity index (χ1n) is 6.83. The van der Waals surface area contributed by atoms with Gasteiger partial charge in [-0.1, -0.05) is 19.1 Å². The van der Waals surface area contributed by atoms with Crippen molar-refractivity contribution in [3.63, 3.8) is 0 Å². The number of amides is 2. The molecule has 114 valence electrons. The molecule has 0 spiro atoms. The minimum Gasteiger partial charge on any atom is -0.355 e. The lowest BCUT2D eigenvalue weighted by Gasteiger charge is -2.22. The van der Waals surface area contributed by atoms with Crippen molar-refractivity contribution in [2.45, 2.75) is 24.7 Å². The zero-order chi connectivity index (χ0) is 15.5. The number of nitrogens with one attached hydrogen (secondary N) is 2. The number of hydrogen-bond donors (Lipinski definition) is 2. The predicted molar refractivity (Wildman–Crippen MR) is 78.5 cm³/mol. The molecule has 1 unspecified atom stereocenters. The number of para-hydroxylation sites is 1. The molecule has 0 aliphatic carbocycles. The number of anilines is 1. The number of hydrogen-bond acceptors (Lipinski definition) is 4. The second-order valence-corrected chi connectivity index (χ2v) is 7.18. The quantitative estimate of drug-likeness (QED) is 0.866. The van der Waals surface area contributed by atoms with Crippen molar-refractivity contribution in [3.05, 3.63) is 24.3 Å². The molecule has 2 rings (SSSR count). The third-order valence-electron chi connectivity index (χ3n) is 3.50. The Morgan fingerprint density at radius 1 is 1.38 bits per heavy atom. The van der Waals surface area contributed by atoms with Crippen molar-refractivity contribution in [3.8, 4) is 0 Å². The lowest BCUT2D eigenvalue weighted by Crippen LogP contribution is -2.40. The molecule has 1 aromatic rings. The van der Waals surface area contributed by atoms with E-state index in [1.807, 2.05) is 0 Å². The molecule has 1 aliphatic heterocycles. The van der Waals surface area contributed by atoms with Crippen molar-refractivity contribution in [2.24, 2.45) is 5.92 Å². The van der Waals surface area contributed by atoms with E-state index in [0.717, 1.165) is 0 Å². The van der Waals surface area contributed by atoms with Crippen LogP contribution in [0.25, 0.3) is 0 Å². The molecular formula is C14H18N2O4S. The molecule has 6 nitrogen and oxygen atoms in total. The minimum atomic E-state index is -3.40. The van der Waals surface area contributed by atoms with E-state index in [-0.39, 0.29) is 34.9 Å². The molecular weight excluding hydrogens is 292 g/mol. The summed E-state index contributed by atoms with van der Waals surface area (Å²) < 4.78 is 24.0. The third kappa shape index (κ3) is 3.60. The zero-order valence-electron chi connectivity index (χ0n) is 11.8. The van der Waals surface area contributed by atoms with Gasteiger partial charge in [0.1, 0.15) is 0 Å². The first kappa shape index (κ1) is 15.5. The molecule has 0 radical (unpaired) electrons. The summed E-state index contributed by atoms with van der Waals surface area (Å²) in [6.45, 7) is 1.85. The van der Waals surface area contributed by atoms with Crippen LogP contribution in [-0.4, -0.2) is 32.5 Å². The van der Waals surface area contributed by atoms with Crippen LogP contribution >= 0.6 is 0 Å². The van der Waals surface area contributed by atoms with E-state index in [9.17, 15) is 18.0 Å². The number of carbonyl (C=O) groups is 2. The van der Waals surface area contributed by atoms with E-state index < -0.39 is 9.84 Å². The van der Waals surface area contributed by atoms with Gasteiger partial charge in [-0.2, -0.15) is 0 Å². The molecule has 0 bridgehead atoms. The molecule has 1 fully saturated rings. The highest BCUT2D eigenvalue weighted by Crippen LogP contribution is 2.23. The van der Waals surface area contributed by atoms with Gasteiger partial charge in [0.15, 0.2) is 9.84 Å². The summed E-state index contributed by atoms with van der Waals surface area (Å²) in [7, 11) is -3.40. The number of carbonyl (C=O) groups excluding carboxylic acids is 2. The molecule has 0 aromatic heterocycles. The Hall–Kier alpha value is -1.89. The van der Waals surface area contributed by atoms with Gasteiger partial charge < -0.3 is 10.6 Å². The Balaban J connectivity index is 2.17. The molecule has 1 saturated heterocycles. The lowest BCUT2D eigenvalue weighted by atomic mass is 9.98. The maximum absolute atomic E-state index is 12.2. The maximum atomic E-state index is 12.2. The molecule has 7 heteroatoms. The highest BCUT2D eigenvalue weighted by Gasteiger charge is 2.26. The molecule has 1 aliphatic rings. The molecule has 21 heavy (non-hydrogen) atoms. The average Bonchev–Trinajstić information content (AvgIpc) is 2.48. The van der Waals surface area contributed by atoms with Crippen LogP contribution in [0.3, 0.4) is 0 Å². The largest absolute Gasteiger partial charge is 0.355 e. The van der Waals surface area contributed by atoms with Gasteiger partial charge >= 0.3 is 0 Å². The van der Waals surface area contributed by atoms with Crippen molar-refractivity contribution >= 4 is 27.3 Å². The Bertz CT molecular complexity index is 645. The van der Waals surface area contributed by atoms with Crippen LogP contribution in [0.1, 0.15) is 19.8 Å². The average molecular weight is 310 g/mol. The highest BCUT2D eigenvalue weighted by molar-refractivity contribution is 7.91. The van der Waals surface area contributed by atoms with Gasteiger partial charge in [0.05, 0.1) is 22.3 Å². The first-order valence-corrected chi connectivity index (χ1v) is 8.48. The Labute approximate surface area is 123 Å². The van der Waals surface area contributed by atoms with Crippen molar-refractivity contribution < 1.29 is 18.0 Å². The smallest absolute Gasteiger partial charge is 0.229 e. The topological polar surface area (TPSA) is 92.3 Å². The van der Waals surface area contributed by atoms with E-state index in [2.05, 4.69) is 10.6 Å². The summed E-state index contributed by atoms with van der Waals surface area (Å²) in [6.07, 6.45) is 0.785. The summed E-state index contributed by atoms with van der Waals surface area (Å²) in [5.74, 6) is -0.693. The van der Waals surface area contributed by atoms with Gasteiger partial charge in [0, 0.05) is 13.0 Å². The van der Waals surface area contributed by atoms with Gasteiger partial charge in [0.25, 0.3) is 0 Å². The van der Waals surface area contributed by atoms with Crippen LogP contribution in [0.2, 0.25) is 0 Å². The summed E-state index contributed by atoms with van der Waals surface area (Å²) in [5, 5.41) is 5.30. The van der Waals surface area contributed by atoms with Gasteiger partial charge in [0.2, 0.25) is 11.8 Å². The summed E-state index contributed by atoms with van der Waals surface area (Å²) in [5.41, 5.74) is 0.293. The van der Waals surface area contributed by atoms with Crippen LogP contribution < -0.4 is 10.6 Å². The minimum absolute atomic E-state index is 0.0284. The van der Waals surface area contributed by atoms with Crippen LogP contribution in [0.15, 0.2) is 29.2 Å². The van der Waals surface area contributed by atoms with Crippen LogP contribution in [0.5, 0.6) is 0 Å². The Kier molecular flexibility index (Phi) is 4.62. The second-order valence-electron chi connectivity index (χ2n) is 4.93. The van der Waals surface area contributed by atoms with E-state index in [1.165, 1.54) is 6.07 Å². The second kappa shape index (κ2) is 6.26. The van der Waals surface area contributed by atoms with E-state index in [0.29, 0.717) is 18.5 Å². The van der Waals surface area contributed by atoms with Gasteiger partial charge in [-0.15, -0.1) is 0 Å². The fraction of sp³-hybridized carbons (Fsp3) is 0.429. The number of benzene rings is 1. The number of sulfone groups is 1. The predicted octanol–water partition coefficient (Wildman–Crippen LogP) is 0.945. The molecule has 2 amide bonds. The van der Waals surface area contributed by atoms with Crippen molar-refractivity contribution in [2.75, 3.05) is 17.6 Å². The summed E-state index contributed by atoms with van der Waals surface area (Å²) in [6, 6.07) is 6.35. The van der Waals surface area contributed by atoms with Gasteiger partial charge in [-0.25, -0.2) is 8.42 Å². The highest BCUT2D eigenvalue weighted by atomic mass is 32.2. The fourth-order valence-electron chi connectivity index (χ4n) is 2.19. The van der Waals surface area contributed by atoms with E-state index in [4.69, 9.17) is 0 Å². The number of rotatable bonds is 4.